The SMILES string of the molecule is CCNC1CCN(Cc2cccc3cccnc23)CC1. The van der Waals surface area contributed by atoms with Crippen LogP contribution in [-0.2, 0) is 6.54 Å². The predicted octanol–water partition coefficient (Wildman–Crippen LogP) is 2.81. The maximum Gasteiger partial charge on any atom is 0.0746 e. The smallest absolute Gasteiger partial charge is 0.0746 e. The molecule has 0 atom stereocenters. The average Bonchev–Trinajstić information content (AvgIpc) is 2.50. The van der Waals surface area contributed by atoms with E-state index in [1.54, 1.807) is 0 Å². The summed E-state index contributed by atoms with van der Waals surface area (Å²) < 4.78 is 0. The van der Waals surface area contributed by atoms with Crippen molar-refractivity contribution in [3.05, 3.63) is 42.1 Å². The van der Waals surface area contributed by atoms with Gasteiger partial charge in [0, 0.05) is 24.2 Å². The number of pyridine rings is 1. The van der Waals surface area contributed by atoms with Gasteiger partial charge in [-0.25, -0.2) is 0 Å². The third-order valence-corrected chi connectivity index (χ3v) is 4.19. The monoisotopic (exact) mass is 269 g/mol. The van der Waals surface area contributed by atoms with Crippen molar-refractivity contribution in [1.82, 2.24) is 15.2 Å². The van der Waals surface area contributed by atoms with Crippen molar-refractivity contribution in [2.24, 2.45) is 0 Å². The fraction of sp³-hybridized carbons (Fsp3) is 0.471. The fourth-order valence-electron chi connectivity index (χ4n) is 3.12. The van der Waals surface area contributed by atoms with Crippen LogP contribution in [0.25, 0.3) is 10.9 Å². The topological polar surface area (TPSA) is 28.2 Å². The Bertz CT molecular complexity index is 554. The van der Waals surface area contributed by atoms with Gasteiger partial charge in [-0.3, -0.25) is 9.88 Å². The van der Waals surface area contributed by atoms with Gasteiger partial charge in [0.25, 0.3) is 0 Å². The van der Waals surface area contributed by atoms with E-state index in [4.69, 9.17) is 0 Å². The van der Waals surface area contributed by atoms with Gasteiger partial charge in [0.15, 0.2) is 0 Å². The average molecular weight is 269 g/mol. The Labute approximate surface area is 121 Å². The van der Waals surface area contributed by atoms with E-state index in [2.05, 4.69) is 46.4 Å². The maximum atomic E-state index is 4.55. The number of benzene rings is 1. The molecule has 0 radical (unpaired) electrons. The zero-order valence-electron chi connectivity index (χ0n) is 12.2. The molecule has 0 aliphatic carbocycles. The molecule has 0 spiro atoms. The Morgan fingerprint density at radius 2 is 2.00 bits per heavy atom. The number of nitrogens with zero attached hydrogens (tertiary/aromatic N) is 2. The van der Waals surface area contributed by atoms with Crippen LogP contribution >= 0.6 is 0 Å². The molecule has 1 aliphatic heterocycles. The number of nitrogens with one attached hydrogen (secondary N) is 1. The standard InChI is InChI=1S/C17H23N3/c1-2-18-16-8-11-20(12-9-16)13-15-6-3-5-14-7-4-10-19-17(14)15/h3-7,10,16,18H,2,8-9,11-13H2,1H3. The van der Waals surface area contributed by atoms with Gasteiger partial charge in [-0.05, 0) is 44.1 Å². The van der Waals surface area contributed by atoms with Gasteiger partial charge >= 0.3 is 0 Å². The molecular formula is C17H23N3. The van der Waals surface area contributed by atoms with Gasteiger partial charge in [0.1, 0.15) is 0 Å². The number of hydrogen-bond donors (Lipinski definition) is 1. The summed E-state index contributed by atoms with van der Waals surface area (Å²) in [5, 5.41) is 4.80. The number of para-hydroxylation sites is 1. The van der Waals surface area contributed by atoms with Gasteiger partial charge in [0.2, 0.25) is 0 Å². The summed E-state index contributed by atoms with van der Waals surface area (Å²) >= 11 is 0. The minimum absolute atomic E-state index is 0.710. The molecule has 1 aromatic heterocycles. The van der Waals surface area contributed by atoms with E-state index in [1.165, 1.54) is 36.9 Å². The molecular weight excluding hydrogens is 246 g/mol. The minimum Gasteiger partial charge on any atom is -0.314 e. The second-order valence-electron chi connectivity index (χ2n) is 5.60. The summed E-state index contributed by atoms with van der Waals surface area (Å²) in [6.07, 6.45) is 4.40. The van der Waals surface area contributed by atoms with Crippen LogP contribution in [0.4, 0.5) is 0 Å². The number of fused-ring (bicyclic) bond motifs is 1. The summed E-state index contributed by atoms with van der Waals surface area (Å²) in [5.74, 6) is 0. The van der Waals surface area contributed by atoms with Crippen molar-refractivity contribution in [3.8, 4) is 0 Å². The van der Waals surface area contributed by atoms with E-state index in [9.17, 15) is 0 Å². The van der Waals surface area contributed by atoms with Crippen LogP contribution in [0.15, 0.2) is 36.5 Å². The van der Waals surface area contributed by atoms with Crippen molar-refractivity contribution < 1.29 is 0 Å². The first kappa shape index (κ1) is 13.5. The molecule has 3 nitrogen and oxygen atoms in total. The van der Waals surface area contributed by atoms with E-state index in [0.29, 0.717) is 6.04 Å². The van der Waals surface area contributed by atoms with Gasteiger partial charge in [-0.15, -0.1) is 0 Å². The molecule has 1 aliphatic rings. The fourth-order valence-corrected chi connectivity index (χ4v) is 3.12. The molecule has 1 N–H and O–H groups in total. The highest BCUT2D eigenvalue weighted by Crippen LogP contribution is 2.19. The van der Waals surface area contributed by atoms with Crippen LogP contribution in [0.5, 0.6) is 0 Å². The van der Waals surface area contributed by atoms with E-state index in [-0.39, 0.29) is 0 Å². The molecule has 20 heavy (non-hydrogen) atoms. The third-order valence-electron chi connectivity index (χ3n) is 4.19. The lowest BCUT2D eigenvalue weighted by atomic mass is 10.0. The van der Waals surface area contributed by atoms with Crippen LogP contribution in [0, 0.1) is 0 Å². The molecule has 1 saturated heterocycles. The molecule has 1 aromatic carbocycles. The van der Waals surface area contributed by atoms with E-state index in [1.807, 2.05) is 12.3 Å². The summed E-state index contributed by atoms with van der Waals surface area (Å²) in [4.78, 5) is 7.10. The number of aromatic nitrogens is 1. The Kier molecular flexibility index (Phi) is 4.28. The maximum absolute atomic E-state index is 4.55. The van der Waals surface area contributed by atoms with Crippen LogP contribution in [0.3, 0.4) is 0 Å². The lowest BCUT2D eigenvalue weighted by molar-refractivity contribution is 0.192. The Morgan fingerprint density at radius 1 is 1.20 bits per heavy atom. The summed E-state index contributed by atoms with van der Waals surface area (Å²) in [6, 6.07) is 11.4. The molecule has 0 unspecified atom stereocenters. The Balaban J connectivity index is 1.68. The summed E-state index contributed by atoms with van der Waals surface area (Å²) in [5.41, 5.74) is 2.51. The second kappa shape index (κ2) is 6.33. The van der Waals surface area contributed by atoms with Gasteiger partial charge in [-0.1, -0.05) is 31.2 Å². The normalized spacial score (nSPS) is 17.6. The Hall–Kier alpha value is -1.45. The van der Waals surface area contributed by atoms with Crippen LogP contribution in [0.1, 0.15) is 25.3 Å². The highest BCUT2D eigenvalue weighted by molar-refractivity contribution is 5.81. The van der Waals surface area contributed by atoms with Crippen LogP contribution in [0.2, 0.25) is 0 Å². The van der Waals surface area contributed by atoms with Crippen molar-refractivity contribution >= 4 is 10.9 Å². The Morgan fingerprint density at radius 3 is 2.80 bits per heavy atom. The van der Waals surface area contributed by atoms with E-state index in [0.717, 1.165) is 18.6 Å². The number of piperidine rings is 1. The van der Waals surface area contributed by atoms with Gasteiger partial charge in [-0.2, -0.15) is 0 Å². The number of rotatable bonds is 4. The highest BCUT2D eigenvalue weighted by Gasteiger charge is 2.18. The molecule has 1 fully saturated rings. The first-order valence-corrected chi connectivity index (χ1v) is 7.65. The molecule has 2 heterocycles. The lowest BCUT2D eigenvalue weighted by Gasteiger charge is -2.32. The molecule has 3 heteroatoms. The van der Waals surface area contributed by atoms with Gasteiger partial charge < -0.3 is 5.32 Å². The van der Waals surface area contributed by atoms with Crippen molar-refractivity contribution in [1.29, 1.82) is 0 Å². The van der Waals surface area contributed by atoms with Crippen molar-refractivity contribution in [2.45, 2.75) is 32.4 Å². The zero-order valence-corrected chi connectivity index (χ0v) is 12.2. The molecule has 106 valence electrons. The second-order valence-corrected chi connectivity index (χ2v) is 5.60. The van der Waals surface area contributed by atoms with E-state index < -0.39 is 0 Å². The first-order valence-electron chi connectivity index (χ1n) is 7.65. The molecule has 0 amide bonds. The number of likely N-dealkylation sites (tertiary alicyclic amines) is 1. The van der Waals surface area contributed by atoms with Crippen molar-refractivity contribution in [3.63, 3.8) is 0 Å². The third kappa shape index (κ3) is 3.00. The molecule has 3 rings (SSSR count). The van der Waals surface area contributed by atoms with Crippen LogP contribution in [-0.4, -0.2) is 35.6 Å². The summed E-state index contributed by atoms with van der Waals surface area (Å²) in [7, 11) is 0. The predicted molar refractivity (Wildman–Crippen MR) is 83.7 cm³/mol. The molecule has 0 saturated carbocycles. The quantitative estimate of drug-likeness (QED) is 0.925. The van der Waals surface area contributed by atoms with Gasteiger partial charge in [0.05, 0.1) is 5.52 Å². The molecule has 0 bridgehead atoms. The van der Waals surface area contributed by atoms with Crippen LogP contribution < -0.4 is 5.32 Å². The first-order chi connectivity index (χ1) is 9.86. The highest BCUT2D eigenvalue weighted by atomic mass is 15.1. The summed E-state index contributed by atoms with van der Waals surface area (Å²) in [6.45, 7) is 6.65. The zero-order chi connectivity index (χ0) is 13.8. The molecule has 2 aromatic rings. The van der Waals surface area contributed by atoms with Crippen molar-refractivity contribution in [2.75, 3.05) is 19.6 Å². The number of hydrogen-bond acceptors (Lipinski definition) is 3. The lowest BCUT2D eigenvalue weighted by Crippen LogP contribution is -2.42. The van der Waals surface area contributed by atoms with E-state index >= 15 is 0 Å². The largest absolute Gasteiger partial charge is 0.314 e. The minimum atomic E-state index is 0.710.